The predicted molar refractivity (Wildman–Crippen MR) is 81.4 cm³/mol. The third kappa shape index (κ3) is 5.20. The van der Waals surface area contributed by atoms with Crippen LogP contribution in [0.25, 0.3) is 0 Å². The summed E-state index contributed by atoms with van der Waals surface area (Å²) in [4.78, 5) is 11.7. The van der Waals surface area contributed by atoms with E-state index >= 15 is 0 Å². The molecule has 0 fully saturated rings. The molecule has 4 nitrogen and oxygen atoms in total. The van der Waals surface area contributed by atoms with Crippen molar-refractivity contribution in [2.45, 2.75) is 33.3 Å². The summed E-state index contributed by atoms with van der Waals surface area (Å²) in [7, 11) is 0. The van der Waals surface area contributed by atoms with Crippen LogP contribution in [0, 0.1) is 12.8 Å². The molecule has 1 aromatic rings. The van der Waals surface area contributed by atoms with E-state index in [9.17, 15) is 9.90 Å². The summed E-state index contributed by atoms with van der Waals surface area (Å²) in [6.07, 6.45) is 0.177. The molecule has 1 aromatic carbocycles. The molecule has 1 atom stereocenters. The number of rotatable bonds is 5. The molecule has 0 radical (unpaired) electrons. The van der Waals surface area contributed by atoms with Crippen molar-refractivity contribution in [3.63, 3.8) is 0 Å². The first-order chi connectivity index (χ1) is 8.91. The first kappa shape index (κ1) is 16.0. The van der Waals surface area contributed by atoms with Gasteiger partial charge >= 0.3 is 6.03 Å². The van der Waals surface area contributed by atoms with Crippen molar-refractivity contribution in [3.05, 3.63) is 28.2 Å². The Morgan fingerprint density at radius 2 is 2.11 bits per heavy atom. The number of carbonyl (C=O) groups excluding carboxylic acids is 1. The van der Waals surface area contributed by atoms with Crippen LogP contribution in [0.4, 0.5) is 10.5 Å². The van der Waals surface area contributed by atoms with Gasteiger partial charge in [-0.2, -0.15) is 0 Å². The van der Waals surface area contributed by atoms with Crippen LogP contribution in [0.15, 0.2) is 22.7 Å². The fourth-order valence-corrected chi connectivity index (χ4v) is 1.94. The van der Waals surface area contributed by atoms with Gasteiger partial charge in [0.25, 0.3) is 0 Å². The van der Waals surface area contributed by atoms with Crippen molar-refractivity contribution < 1.29 is 9.90 Å². The number of urea groups is 1. The van der Waals surface area contributed by atoms with Crippen molar-refractivity contribution in [1.82, 2.24) is 5.32 Å². The number of amides is 2. The van der Waals surface area contributed by atoms with E-state index < -0.39 is 0 Å². The second-order valence-corrected chi connectivity index (χ2v) is 5.75. The number of hydrogen-bond acceptors (Lipinski definition) is 2. The summed E-state index contributed by atoms with van der Waals surface area (Å²) in [5, 5.41) is 15.2. The third-order valence-corrected chi connectivity index (χ3v) is 3.87. The van der Waals surface area contributed by atoms with Crippen LogP contribution in [0.3, 0.4) is 0 Å². The molecule has 0 aromatic heterocycles. The monoisotopic (exact) mass is 328 g/mol. The fourth-order valence-electron chi connectivity index (χ4n) is 1.58. The molecule has 1 unspecified atom stereocenters. The molecule has 1 rings (SSSR count). The Morgan fingerprint density at radius 1 is 1.42 bits per heavy atom. The lowest BCUT2D eigenvalue weighted by Crippen LogP contribution is -2.32. The van der Waals surface area contributed by atoms with E-state index in [4.69, 9.17) is 0 Å². The van der Waals surface area contributed by atoms with Crippen LogP contribution in [0.5, 0.6) is 0 Å². The maximum absolute atomic E-state index is 11.7. The summed E-state index contributed by atoms with van der Waals surface area (Å²) < 4.78 is 0.959. The van der Waals surface area contributed by atoms with Gasteiger partial charge in [0.2, 0.25) is 0 Å². The van der Waals surface area contributed by atoms with E-state index in [0.29, 0.717) is 13.0 Å². The van der Waals surface area contributed by atoms with E-state index in [1.165, 1.54) is 0 Å². The number of aliphatic hydroxyl groups is 1. The summed E-state index contributed by atoms with van der Waals surface area (Å²) in [5.74, 6) is 0.206. The van der Waals surface area contributed by atoms with Gasteiger partial charge in [0, 0.05) is 16.7 Å². The molecule has 0 saturated heterocycles. The minimum absolute atomic E-state index is 0.206. The van der Waals surface area contributed by atoms with Gasteiger partial charge in [0.15, 0.2) is 0 Å². The third-order valence-electron chi connectivity index (χ3n) is 3.01. The van der Waals surface area contributed by atoms with E-state index in [2.05, 4.69) is 26.6 Å². The van der Waals surface area contributed by atoms with Gasteiger partial charge in [-0.25, -0.2) is 4.79 Å². The number of hydrogen-bond donors (Lipinski definition) is 3. The lowest BCUT2D eigenvalue weighted by molar-refractivity contribution is 0.117. The quantitative estimate of drug-likeness (QED) is 0.776. The van der Waals surface area contributed by atoms with Gasteiger partial charge < -0.3 is 15.7 Å². The van der Waals surface area contributed by atoms with Crippen molar-refractivity contribution in [3.8, 4) is 0 Å². The number of benzene rings is 1. The Kier molecular flexibility index (Phi) is 6.31. The first-order valence-corrected chi connectivity index (χ1v) is 7.19. The van der Waals surface area contributed by atoms with Crippen LogP contribution in [0.2, 0.25) is 0 Å². The molecule has 0 aliphatic carbocycles. The Balaban J connectivity index is 2.41. The molecule has 0 spiro atoms. The topological polar surface area (TPSA) is 61.4 Å². The standard InChI is InChI=1S/C14H21BrN2O2/c1-9(2)13(18)7-8-16-14(19)17-12-6-4-5-11(15)10(12)3/h4-6,9,13,18H,7-8H2,1-3H3,(H2,16,17,19). The van der Waals surface area contributed by atoms with E-state index in [1.54, 1.807) is 0 Å². The van der Waals surface area contributed by atoms with Crippen LogP contribution in [-0.2, 0) is 0 Å². The number of carbonyl (C=O) groups is 1. The molecule has 0 bridgehead atoms. The van der Waals surface area contributed by atoms with Crippen LogP contribution in [0.1, 0.15) is 25.8 Å². The Bertz CT molecular complexity index is 435. The molecule has 0 heterocycles. The summed E-state index contributed by atoms with van der Waals surface area (Å²) >= 11 is 3.42. The lowest BCUT2D eigenvalue weighted by Gasteiger charge is -2.15. The van der Waals surface area contributed by atoms with E-state index in [-0.39, 0.29) is 18.1 Å². The van der Waals surface area contributed by atoms with E-state index in [0.717, 1.165) is 15.7 Å². The molecule has 3 N–H and O–H groups in total. The molecule has 106 valence electrons. The highest BCUT2D eigenvalue weighted by molar-refractivity contribution is 9.10. The number of anilines is 1. The number of nitrogens with one attached hydrogen (secondary N) is 2. The Morgan fingerprint density at radius 3 is 2.74 bits per heavy atom. The lowest BCUT2D eigenvalue weighted by atomic mass is 10.0. The Hall–Kier alpha value is -1.07. The smallest absolute Gasteiger partial charge is 0.319 e. The largest absolute Gasteiger partial charge is 0.393 e. The molecule has 5 heteroatoms. The second kappa shape index (κ2) is 7.50. The molecule has 2 amide bonds. The normalized spacial score (nSPS) is 12.3. The fraction of sp³-hybridized carbons (Fsp3) is 0.500. The second-order valence-electron chi connectivity index (χ2n) is 4.89. The summed E-state index contributed by atoms with van der Waals surface area (Å²) in [6.45, 7) is 6.30. The maximum Gasteiger partial charge on any atom is 0.319 e. The average molecular weight is 329 g/mol. The van der Waals surface area contributed by atoms with Gasteiger partial charge in [0.1, 0.15) is 0 Å². The molecule has 0 saturated carbocycles. The zero-order valence-electron chi connectivity index (χ0n) is 11.5. The number of aliphatic hydroxyl groups excluding tert-OH is 1. The van der Waals surface area contributed by atoms with Crippen molar-refractivity contribution >= 4 is 27.6 Å². The zero-order valence-corrected chi connectivity index (χ0v) is 13.1. The van der Waals surface area contributed by atoms with E-state index in [1.807, 2.05) is 39.0 Å². The summed E-state index contributed by atoms with van der Waals surface area (Å²) in [5.41, 5.74) is 1.76. The van der Waals surface area contributed by atoms with Gasteiger partial charge in [-0.05, 0) is 37.0 Å². The summed E-state index contributed by atoms with van der Waals surface area (Å²) in [6, 6.07) is 5.40. The zero-order chi connectivity index (χ0) is 14.4. The first-order valence-electron chi connectivity index (χ1n) is 6.40. The van der Waals surface area contributed by atoms with Crippen molar-refractivity contribution in [2.24, 2.45) is 5.92 Å². The van der Waals surface area contributed by atoms with Crippen LogP contribution in [-0.4, -0.2) is 23.8 Å². The van der Waals surface area contributed by atoms with Crippen molar-refractivity contribution in [1.29, 1.82) is 0 Å². The highest BCUT2D eigenvalue weighted by Crippen LogP contribution is 2.23. The SMILES string of the molecule is Cc1c(Br)cccc1NC(=O)NCCC(O)C(C)C. The highest BCUT2D eigenvalue weighted by atomic mass is 79.9. The highest BCUT2D eigenvalue weighted by Gasteiger charge is 2.10. The maximum atomic E-state index is 11.7. The molecule has 0 aliphatic rings. The van der Waals surface area contributed by atoms with Crippen LogP contribution < -0.4 is 10.6 Å². The van der Waals surface area contributed by atoms with Crippen LogP contribution >= 0.6 is 15.9 Å². The molecular formula is C14H21BrN2O2. The van der Waals surface area contributed by atoms with Crippen molar-refractivity contribution in [2.75, 3.05) is 11.9 Å². The minimum atomic E-state index is -0.382. The van der Waals surface area contributed by atoms with Gasteiger partial charge in [-0.1, -0.05) is 35.8 Å². The predicted octanol–water partition coefficient (Wildman–Crippen LogP) is 3.29. The van der Waals surface area contributed by atoms with Gasteiger partial charge in [-0.3, -0.25) is 0 Å². The minimum Gasteiger partial charge on any atom is -0.393 e. The Labute approximate surface area is 122 Å². The molecular weight excluding hydrogens is 308 g/mol. The molecule has 19 heavy (non-hydrogen) atoms. The molecule has 0 aliphatic heterocycles. The number of halogens is 1. The van der Waals surface area contributed by atoms with Gasteiger partial charge in [0.05, 0.1) is 6.10 Å². The van der Waals surface area contributed by atoms with Gasteiger partial charge in [-0.15, -0.1) is 0 Å². The average Bonchev–Trinajstić information content (AvgIpc) is 2.34.